The Morgan fingerprint density at radius 3 is 2.39 bits per heavy atom. The van der Waals surface area contributed by atoms with Crippen LogP contribution in [0.15, 0.2) is 67.3 Å². The van der Waals surface area contributed by atoms with Crippen LogP contribution in [0.2, 0.25) is 0 Å². The van der Waals surface area contributed by atoms with E-state index in [0.29, 0.717) is 17.8 Å². The molecule has 1 amide bonds. The molecule has 0 bridgehead atoms. The molecule has 46 heavy (non-hydrogen) atoms. The van der Waals surface area contributed by atoms with Gasteiger partial charge in [0.1, 0.15) is 6.33 Å². The summed E-state index contributed by atoms with van der Waals surface area (Å²) in [4.78, 5) is 29.1. The lowest BCUT2D eigenvalue weighted by Crippen LogP contribution is -2.55. The van der Waals surface area contributed by atoms with Crippen LogP contribution in [-0.2, 0) is 11.2 Å². The van der Waals surface area contributed by atoms with E-state index in [1.54, 1.807) is 6.33 Å². The molecule has 0 unspecified atom stereocenters. The number of piperidine rings is 2. The van der Waals surface area contributed by atoms with E-state index in [2.05, 4.69) is 59.7 Å². The Balaban J connectivity index is 0.00000338. The fourth-order valence-electron chi connectivity index (χ4n) is 8.34. The van der Waals surface area contributed by atoms with Gasteiger partial charge in [0.05, 0.1) is 12.7 Å². The number of benzene rings is 2. The summed E-state index contributed by atoms with van der Waals surface area (Å²) in [6.45, 7) is 4.88. The number of anilines is 2. The van der Waals surface area contributed by atoms with Crippen LogP contribution in [0, 0.1) is 5.41 Å². The maximum absolute atomic E-state index is 12.5. The summed E-state index contributed by atoms with van der Waals surface area (Å²) in [5.74, 6) is 1.43. The van der Waals surface area contributed by atoms with Crippen molar-refractivity contribution in [3.8, 4) is 0 Å². The molecule has 0 radical (unpaired) electrons. The fraction of sp³-hybridized carbons (Fsp3) is 0.500. The zero-order chi connectivity index (χ0) is 30.2. The Hall–Kier alpha value is -3.53. The van der Waals surface area contributed by atoms with E-state index in [1.807, 2.05) is 36.7 Å². The summed E-state index contributed by atoms with van der Waals surface area (Å²) >= 11 is 0. The quantitative estimate of drug-likeness (QED) is 0.225. The van der Waals surface area contributed by atoms with Crippen molar-refractivity contribution in [3.05, 3.63) is 78.4 Å². The third-order valence-electron chi connectivity index (χ3n) is 11.1. The Morgan fingerprint density at radius 2 is 1.65 bits per heavy atom. The molecule has 8 rings (SSSR count). The first-order valence-electron chi connectivity index (χ1n) is 16.9. The monoisotopic (exact) mass is 640 g/mol. The lowest BCUT2D eigenvalue weighted by Gasteiger charge is -2.55. The number of likely N-dealkylation sites (tertiary alicyclic amines) is 1. The first-order valence-corrected chi connectivity index (χ1v) is 16.9. The maximum Gasteiger partial charge on any atom is 0.224 e. The Morgan fingerprint density at radius 1 is 0.913 bits per heavy atom. The maximum atomic E-state index is 12.5. The number of carbonyl (C=O) groups excluding carboxylic acids is 1. The van der Waals surface area contributed by atoms with Gasteiger partial charge >= 0.3 is 0 Å². The van der Waals surface area contributed by atoms with E-state index >= 15 is 0 Å². The third-order valence-corrected chi connectivity index (χ3v) is 11.1. The van der Waals surface area contributed by atoms with Crippen LogP contribution in [0.5, 0.6) is 0 Å². The summed E-state index contributed by atoms with van der Waals surface area (Å²) in [6.07, 6.45) is 13.7. The normalized spacial score (nSPS) is 23.3. The predicted molar refractivity (Wildman–Crippen MR) is 184 cm³/mol. The molecule has 10 heteroatoms. The number of amides is 1. The van der Waals surface area contributed by atoms with Crippen LogP contribution in [0.1, 0.15) is 74.5 Å². The molecule has 9 nitrogen and oxygen atoms in total. The highest BCUT2D eigenvalue weighted by molar-refractivity contribution is 5.86. The number of aromatic nitrogens is 4. The molecule has 2 aromatic heterocycles. The molecule has 4 aromatic rings. The van der Waals surface area contributed by atoms with Crippen molar-refractivity contribution < 1.29 is 4.79 Å². The zero-order valence-corrected chi connectivity index (χ0v) is 27.2. The molecule has 2 saturated heterocycles. The zero-order valence-electron chi connectivity index (χ0n) is 26.4. The van der Waals surface area contributed by atoms with Crippen molar-refractivity contribution in [1.29, 1.82) is 0 Å². The van der Waals surface area contributed by atoms with Gasteiger partial charge < -0.3 is 25.4 Å². The number of rotatable bonds is 8. The van der Waals surface area contributed by atoms with Gasteiger partial charge in [-0.2, -0.15) is 0 Å². The SMILES string of the molecule is Cl.O=C(Cc1ccccc1)NC1CC(n2cnc3c(Nc4ccc(C5CCN(C6CC7(CCNCC7)C6)CC5)cc4)ncnc32)C1. The largest absolute Gasteiger partial charge is 0.353 e. The molecule has 2 aromatic carbocycles. The average molecular weight is 641 g/mol. The lowest BCUT2D eigenvalue weighted by molar-refractivity contribution is -0.121. The smallest absolute Gasteiger partial charge is 0.224 e. The second-order valence-corrected chi connectivity index (χ2v) is 14.0. The van der Waals surface area contributed by atoms with Crippen molar-refractivity contribution in [2.45, 2.75) is 81.8 Å². The summed E-state index contributed by atoms with van der Waals surface area (Å²) in [7, 11) is 0. The van der Waals surface area contributed by atoms with Crippen molar-refractivity contribution in [3.63, 3.8) is 0 Å². The number of hydrogen-bond acceptors (Lipinski definition) is 7. The summed E-state index contributed by atoms with van der Waals surface area (Å²) in [5.41, 5.74) is 5.74. The molecule has 4 heterocycles. The first kappa shape index (κ1) is 31.1. The molecule has 3 N–H and O–H groups in total. The number of nitrogens with zero attached hydrogens (tertiary/aromatic N) is 5. The average Bonchev–Trinajstić information content (AvgIpc) is 3.47. The topological polar surface area (TPSA) is 100 Å². The molecule has 4 fully saturated rings. The number of imidazole rings is 1. The van der Waals surface area contributed by atoms with Crippen molar-refractivity contribution >= 4 is 41.0 Å². The van der Waals surface area contributed by atoms with Gasteiger partial charge in [-0.05, 0) is 112 Å². The summed E-state index contributed by atoms with van der Waals surface area (Å²) in [6, 6.07) is 20.1. The molecule has 1 spiro atoms. The van der Waals surface area contributed by atoms with Gasteiger partial charge in [-0.25, -0.2) is 15.0 Å². The van der Waals surface area contributed by atoms with Crippen LogP contribution in [0.3, 0.4) is 0 Å². The number of nitrogens with one attached hydrogen (secondary N) is 3. The van der Waals surface area contributed by atoms with Crippen LogP contribution in [-0.4, -0.2) is 68.6 Å². The number of hydrogen-bond donors (Lipinski definition) is 3. The molecular formula is C36H45ClN8O. The van der Waals surface area contributed by atoms with E-state index in [9.17, 15) is 4.79 Å². The van der Waals surface area contributed by atoms with Gasteiger partial charge in [0.25, 0.3) is 0 Å². The van der Waals surface area contributed by atoms with E-state index in [1.165, 1.54) is 70.3 Å². The molecule has 2 aliphatic heterocycles. The van der Waals surface area contributed by atoms with Crippen LogP contribution in [0.4, 0.5) is 11.5 Å². The van der Waals surface area contributed by atoms with Crippen molar-refractivity contribution in [2.24, 2.45) is 5.41 Å². The van der Waals surface area contributed by atoms with Gasteiger partial charge in [0.15, 0.2) is 17.0 Å². The van der Waals surface area contributed by atoms with Gasteiger partial charge in [-0.15, -0.1) is 12.4 Å². The Kier molecular flexibility index (Phi) is 8.99. The van der Waals surface area contributed by atoms with E-state index in [4.69, 9.17) is 4.98 Å². The highest BCUT2D eigenvalue weighted by atomic mass is 35.5. The molecule has 2 aliphatic carbocycles. The highest BCUT2D eigenvalue weighted by Gasteiger charge is 2.47. The second kappa shape index (κ2) is 13.3. The first-order chi connectivity index (χ1) is 22.1. The minimum atomic E-state index is 0. The van der Waals surface area contributed by atoms with E-state index in [0.717, 1.165) is 47.1 Å². The minimum absolute atomic E-state index is 0. The number of halogens is 1. The molecule has 4 aliphatic rings. The van der Waals surface area contributed by atoms with E-state index < -0.39 is 0 Å². The van der Waals surface area contributed by atoms with E-state index in [-0.39, 0.29) is 30.4 Å². The Labute approximate surface area is 277 Å². The summed E-state index contributed by atoms with van der Waals surface area (Å²) < 4.78 is 2.13. The van der Waals surface area contributed by atoms with Crippen LogP contribution >= 0.6 is 12.4 Å². The number of fused-ring (bicyclic) bond motifs is 1. The van der Waals surface area contributed by atoms with Gasteiger partial charge in [0, 0.05) is 23.8 Å². The molecule has 0 atom stereocenters. The minimum Gasteiger partial charge on any atom is -0.353 e. The van der Waals surface area contributed by atoms with Gasteiger partial charge in [0.2, 0.25) is 5.91 Å². The molecule has 242 valence electrons. The second-order valence-electron chi connectivity index (χ2n) is 14.0. The third kappa shape index (κ3) is 6.37. The number of carbonyl (C=O) groups is 1. The summed E-state index contributed by atoms with van der Waals surface area (Å²) in [5, 5.41) is 10.2. The van der Waals surface area contributed by atoms with Crippen molar-refractivity contribution in [2.75, 3.05) is 31.5 Å². The predicted octanol–water partition coefficient (Wildman–Crippen LogP) is 5.77. The van der Waals surface area contributed by atoms with Crippen LogP contribution in [0.25, 0.3) is 11.2 Å². The van der Waals surface area contributed by atoms with Crippen LogP contribution < -0.4 is 16.0 Å². The Bertz CT molecular complexity index is 1620. The molecule has 2 saturated carbocycles. The fourth-order valence-corrected chi connectivity index (χ4v) is 8.34. The standard InChI is InChI=1S/C36H44N8O.ClH/c45-32(18-25-4-2-1-3-5-25)41-29-19-30(20-29)44-24-40-33-34(38-23-39-35(33)44)42-28-8-6-26(7-9-28)27-10-16-43(17-11-27)31-21-36(22-31)12-14-37-15-13-36;/h1-9,23-24,27,29-31,37H,10-22H2,(H,41,45)(H,38,39,42);1H. The lowest BCUT2D eigenvalue weighted by atomic mass is 9.60. The van der Waals surface area contributed by atoms with Gasteiger partial charge in [-0.1, -0.05) is 42.5 Å². The van der Waals surface area contributed by atoms with Crippen molar-refractivity contribution in [1.82, 2.24) is 35.1 Å². The van der Waals surface area contributed by atoms with Gasteiger partial charge in [-0.3, -0.25) is 4.79 Å². The highest BCUT2D eigenvalue weighted by Crippen LogP contribution is 2.50. The molecular weight excluding hydrogens is 596 g/mol.